The van der Waals surface area contributed by atoms with Gasteiger partial charge in [0.05, 0.1) is 12.7 Å². The summed E-state index contributed by atoms with van der Waals surface area (Å²) >= 11 is 1.41. The number of nitrogens with zero attached hydrogens (tertiary/aromatic N) is 1. The first-order valence-corrected chi connectivity index (χ1v) is 8.13. The summed E-state index contributed by atoms with van der Waals surface area (Å²) in [6.07, 6.45) is 5.30. The molecule has 1 amide bonds. The molecule has 3 N–H and O–H groups in total. The average molecular weight is 297 g/mol. The zero-order valence-electron chi connectivity index (χ0n) is 11.9. The summed E-state index contributed by atoms with van der Waals surface area (Å²) in [6.45, 7) is 3.71. The van der Waals surface area contributed by atoms with Crippen molar-refractivity contribution in [2.75, 3.05) is 13.2 Å². The van der Waals surface area contributed by atoms with Gasteiger partial charge in [-0.2, -0.15) is 0 Å². The molecule has 0 aliphatic heterocycles. The third-order valence-electron chi connectivity index (χ3n) is 3.71. The molecule has 2 unspecified atom stereocenters. The number of aromatic nitrogens is 1. The number of carbonyl (C=O) groups is 1. The monoisotopic (exact) mass is 297 g/mol. The molecule has 1 aliphatic carbocycles. The Morgan fingerprint density at radius 2 is 2.35 bits per heavy atom. The van der Waals surface area contributed by atoms with E-state index in [0.29, 0.717) is 37.4 Å². The van der Waals surface area contributed by atoms with Crippen molar-refractivity contribution in [3.63, 3.8) is 0 Å². The highest BCUT2D eigenvalue weighted by Crippen LogP contribution is 2.25. The van der Waals surface area contributed by atoms with Crippen LogP contribution >= 0.6 is 11.3 Å². The molecule has 1 aromatic rings. The van der Waals surface area contributed by atoms with Crippen LogP contribution in [0.15, 0.2) is 5.38 Å². The largest absolute Gasteiger partial charge is 0.376 e. The minimum atomic E-state index is -0.152. The summed E-state index contributed by atoms with van der Waals surface area (Å²) < 4.78 is 5.86. The predicted molar refractivity (Wildman–Crippen MR) is 79.7 cm³/mol. The first-order valence-electron chi connectivity index (χ1n) is 7.25. The molecule has 5 nitrogen and oxygen atoms in total. The fraction of sp³-hybridized carbons (Fsp3) is 0.714. The number of nitrogens with two attached hydrogens (primary N) is 1. The van der Waals surface area contributed by atoms with Gasteiger partial charge in [0.2, 0.25) is 0 Å². The van der Waals surface area contributed by atoms with Gasteiger partial charge >= 0.3 is 0 Å². The molecule has 1 heterocycles. The molecule has 0 spiro atoms. The van der Waals surface area contributed by atoms with E-state index in [1.54, 1.807) is 5.38 Å². The SMILES string of the molecule is CC1CCCCC1OCCNC(=O)c1csc(CN)n1. The molecular weight excluding hydrogens is 274 g/mol. The lowest BCUT2D eigenvalue weighted by atomic mass is 9.88. The Morgan fingerprint density at radius 3 is 3.05 bits per heavy atom. The lowest BCUT2D eigenvalue weighted by molar-refractivity contribution is -0.00295. The van der Waals surface area contributed by atoms with Crippen molar-refractivity contribution in [2.45, 2.75) is 45.3 Å². The van der Waals surface area contributed by atoms with Gasteiger partial charge in [-0.1, -0.05) is 19.8 Å². The lowest BCUT2D eigenvalue weighted by Crippen LogP contribution is -2.32. The number of rotatable bonds is 6. The molecule has 6 heteroatoms. The van der Waals surface area contributed by atoms with Gasteiger partial charge in [-0.05, 0) is 18.8 Å². The van der Waals surface area contributed by atoms with Crippen LogP contribution in [0.4, 0.5) is 0 Å². The Hall–Kier alpha value is -0.980. The van der Waals surface area contributed by atoms with Crippen LogP contribution in [0.25, 0.3) is 0 Å². The fourth-order valence-electron chi connectivity index (χ4n) is 2.50. The number of nitrogens with one attached hydrogen (secondary N) is 1. The van der Waals surface area contributed by atoms with Crippen molar-refractivity contribution in [3.8, 4) is 0 Å². The Kier molecular flexibility index (Phi) is 5.94. The predicted octanol–water partition coefficient (Wildman–Crippen LogP) is 1.93. The maximum absolute atomic E-state index is 11.8. The highest BCUT2D eigenvalue weighted by atomic mass is 32.1. The van der Waals surface area contributed by atoms with E-state index in [9.17, 15) is 4.79 Å². The van der Waals surface area contributed by atoms with E-state index >= 15 is 0 Å². The van der Waals surface area contributed by atoms with Crippen molar-refractivity contribution in [1.82, 2.24) is 10.3 Å². The first-order chi connectivity index (χ1) is 9.70. The zero-order chi connectivity index (χ0) is 14.4. The van der Waals surface area contributed by atoms with Crippen molar-refractivity contribution in [1.29, 1.82) is 0 Å². The molecular formula is C14H23N3O2S. The standard InChI is InChI=1S/C14H23N3O2S/c1-10-4-2-3-5-12(10)19-7-6-16-14(18)11-9-20-13(8-15)17-11/h9-10,12H,2-8,15H2,1H3,(H,16,18). The van der Waals surface area contributed by atoms with E-state index < -0.39 is 0 Å². The van der Waals surface area contributed by atoms with Gasteiger partial charge in [-0.25, -0.2) is 4.98 Å². The molecule has 0 radical (unpaired) electrons. The summed E-state index contributed by atoms with van der Waals surface area (Å²) in [5.74, 6) is 0.478. The van der Waals surface area contributed by atoms with Gasteiger partial charge in [-0.3, -0.25) is 4.79 Å². The molecule has 0 saturated heterocycles. The molecule has 0 bridgehead atoms. The van der Waals surface area contributed by atoms with E-state index in [0.717, 1.165) is 11.4 Å². The summed E-state index contributed by atoms with van der Waals surface area (Å²) in [6, 6.07) is 0. The van der Waals surface area contributed by atoms with Gasteiger partial charge in [0.25, 0.3) is 5.91 Å². The Balaban J connectivity index is 1.66. The van der Waals surface area contributed by atoms with Crippen LogP contribution in [0, 0.1) is 5.92 Å². The van der Waals surface area contributed by atoms with E-state index in [4.69, 9.17) is 10.5 Å². The topological polar surface area (TPSA) is 77.2 Å². The average Bonchev–Trinajstić information content (AvgIpc) is 2.94. The second-order valence-electron chi connectivity index (χ2n) is 5.26. The normalized spacial score (nSPS) is 22.7. The van der Waals surface area contributed by atoms with Gasteiger partial charge in [0.1, 0.15) is 10.7 Å². The van der Waals surface area contributed by atoms with E-state index in [1.165, 1.54) is 30.6 Å². The zero-order valence-corrected chi connectivity index (χ0v) is 12.7. The van der Waals surface area contributed by atoms with Crippen LogP contribution in [-0.2, 0) is 11.3 Å². The second-order valence-corrected chi connectivity index (χ2v) is 6.20. The molecule has 1 saturated carbocycles. The molecule has 0 aromatic carbocycles. The third kappa shape index (κ3) is 4.26. The van der Waals surface area contributed by atoms with Crippen molar-refractivity contribution in [3.05, 3.63) is 16.1 Å². The summed E-state index contributed by atoms with van der Waals surface area (Å²) in [5, 5.41) is 5.35. The minimum absolute atomic E-state index is 0.152. The molecule has 1 aromatic heterocycles. The number of ether oxygens (including phenoxy) is 1. The maximum atomic E-state index is 11.8. The second kappa shape index (κ2) is 7.71. The molecule has 20 heavy (non-hydrogen) atoms. The van der Waals surface area contributed by atoms with Crippen LogP contribution in [0.5, 0.6) is 0 Å². The number of hydrogen-bond donors (Lipinski definition) is 2. The van der Waals surface area contributed by atoms with Crippen molar-refractivity contribution >= 4 is 17.2 Å². The Bertz CT molecular complexity index is 436. The number of thiazole rings is 1. The highest BCUT2D eigenvalue weighted by Gasteiger charge is 2.21. The smallest absolute Gasteiger partial charge is 0.270 e. The van der Waals surface area contributed by atoms with Crippen LogP contribution < -0.4 is 11.1 Å². The van der Waals surface area contributed by atoms with Crippen LogP contribution in [0.3, 0.4) is 0 Å². The molecule has 1 fully saturated rings. The molecule has 1 aliphatic rings. The van der Waals surface area contributed by atoms with Crippen molar-refractivity contribution < 1.29 is 9.53 Å². The summed E-state index contributed by atoms with van der Waals surface area (Å²) in [7, 11) is 0. The van der Waals surface area contributed by atoms with E-state index in [-0.39, 0.29) is 5.91 Å². The Labute approximate surface area is 123 Å². The fourth-order valence-corrected chi connectivity index (χ4v) is 3.16. The number of carbonyl (C=O) groups excluding carboxylic acids is 1. The van der Waals surface area contributed by atoms with Crippen LogP contribution in [-0.4, -0.2) is 30.1 Å². The highest BCUT2D eigenvalue weighted by molar-refractivity contribution is 7.09. The van der Waals surface area contributed by atoms with E-state index in [2.05, 4.69) is 17.2 Å². The molecule has 2 atom stereocenters. The lowest BCUT2D eigenvalue weighted by Gasteiger charge is -2.28. The number of amides is 1. The van der Waals surface area contributed by atoms with Crippen LogP contribution in [0.2, 0.25) is 0 Å². The van der Waals surface area contributed by atoms with E-state index in [1.807, 2.05) is 0 Å². The van der Waals surface area contributed by atoms with Gasteiger partial charge in [0, 0.05) is 18.5 Å². The minimum Gasteiger partial charge on any atom is -0.376 e. The van der Waals surface area contributed by atoms with Crippen LogP contribution in [0.1, 0.15) is 48.1 Å². The van der Waals surface area contributed by atoms with Crippen molar-refractivity contribution in [2.24, 2.45) is 11.7 Å². The number of hydrogen-bond acceptors (Lipinski definition) is 5. The van der Waals surface area contributed by atoms with Gasteiger partial charge in [0.15, 0.2) is 0 Å². The maximum Gasteiger partial charge on any atom is 0.270 e. The molecule has 2 rings (SSSR count). The summed E-state index contributed by atoms with van der Waals surface area (Å²) in [5.41, 5.74) is 5.92. The first kappa shape index (κ1) is 15.4. The third-order valence-corrected chi connectivity index (χ3v) is 4.58. The van der Waals surface area contributed by atoms with Gasteiger partial charge < -0.3 is 15.8 Å². The van der Waals surface area contributed by atoms with Gasteiger partial charge in [-0.15, -0.1) is 11.3 Å². The summed E-state index contributed by atoms with van der Waals surface area (Å²) in [4.78, 5) is 16.0. The molecule has 112 valence electrons. The Morgan fingerprint density at radius 1 is 1.55 bits per heavy atom. The quantitative estimate of drug-likeness (QED) is 0.787.